The fourth-order valence-corrected chi connectivity index (χ4v) is 2.06. The molecule has 5 nitrogen and oxygen atoms in total. The van der Waals surface area contributed by atoms with E-state index in [2.05, 4.69) is 5.10 Å². The minimum atomic E-state index is -0.872. The molecule has 0 aromatic carbocycles. The van der Waals surface area contributed by atoms with Gasteiger partial charge in [-0.1, -0.05) is 18.5 Å². The number of carbonyl (C=O) groups is 1. The molecule has 108 valence electrons. The highest BCUT2D eigenvalue weighted by Gasteiger charge is 2.36. The molecule has 0 fully saturated rings. The molecule has 6 heteroatoms. The number of ketones is 1. The van der Waals surface area contributed by atoms with Crippen molar-refractivity contribution in [1.82, 2.24) is 9.78 Å². The highest BCUT2D eigenvalue weighted by Crippen LogP contribution is 2.26. The summed E-state index contributed by atoms with van der Waals surface area (Å²) in [5.41, 5.74) is -0.486. The normalized spacial score (nSPS) is 14.4. The van der Waals surface area contributed by atoms with Gasteiger partial charge in [-0.2, -0.15) is 5.10 Å². The molecule has 0 bridgehead atoms. The molecule has 1 aromatic heterocycles. The molecule has 1 aromatic rings. The lowest BCUT2D eigenvalue weighted by Gasteiger charge is -2.26. The Bertz CT molecular complexity index is 434. The van der Waals surface area contributed by atoms with E-state index < -0.39 is 5.60 Å². The minimum absolute atomic E-state index is 0.143. The van der Waals surface area contributed by atoms with E-state index in [4.69, 9.17) is 21.1 Å². The third kappa shape index (κ3) is 3.55. The highest BCUT2D eigenvalue weighted by molar-refractivity contribution is 6.34. The van der Waals surface area contributed by atoms with E-state index in [1.54, 1.807) is 18.7 Å². The van der Waals surface area contributed by atoms with Crippen LogP contribution in [0.4, 0.5) is 0 Å². The van der Waals surface area contributed by atoms with Crippen LogP contribution in [-0.4, -0.2) is 41.5 Å². The van der Waals surface area contributed by atoms with Crippen molar-refractivity contribution < 1.29 is 14.3 Å². The summed E-state index contributed by atoms with van der Waals surface area (Å²) in [5.74, 6) is -0.143. The Kier molecular flexibility index (Phi) is 5.97. The van der Waals surface area contributed by atoms with Crippen LogP contribution in [0.1, 0.15) is 37.7 Å². The summed E-state index contributed by atoms with van der Waals surface area (Å²) in [4.78, 5) is 12.6. The van der Waals surface area contributed by atoms with Gasteiger partial charge in [0.25, 0.3) is 0 Å². The SMILES string of the molecule is CCOC(C)(CC)C(=O)c1c(Cl)cnn1CCOC. The van der Waals surface area contributed by atoms with Crippen molar-refractivity contribution >= 4 is 17.4 Å². The Morgan fingerprint density at radius 2 is 2.21 bits per heavy atom. The van der Waals surface area contributed by atoms with Crippen LogP contribution in [0.25, 0.3) is 0 Å². The Morgan fingerprint density at radius 3 is 2.74 bits per heavy atom. The Balaban J connectivity index is 3.06. The van der Waals surface area contributed by atoms with Crippen LogP contribution in [0, 0.1) is 0 Å². The predicted molar refractivity (Wildman–Crippen MR) is 73.8 cm³/mol. The van der Waals surface area contributed by atoms with Crippen molar-refractivity contribution in [1.29, 1.82) is 0 Å². The predicted octanol–water partition coefficient (Wildman–Crippen LogP) is 2.57. The number of aromatic nitrogens is 2. The molecule has 1 unspecified atom stereocenters. The molecule has 0 saturated heterocycles. The zero-order valence-electron chi connectivity index (χ0n) is 11.9. The van der Waals surface area contributed by atoms with Crippen molar-refractivity contribution in [3.05, 3.63) is 16.9 Å². The summed E-state index contributed by atoms with van der Waals surface area (Å²) in [6.45, 7) is 6.98. The summed E-state index contributed by atoms with van der Waals surface area (Å²) in [6, 6.07) is 0. The van der Waals surface area contributed by atoms with E-state index in [0.29, 0.717) is 36.9 Å². The van der Waals surface area contributed by atoms with Gasteiger partial charge in [-0.25, -0.2) is 0 Å². The van der Waals surface area contributed by atoms with Crippen molar-refractivity contribution in [3.63, 3.8) is 0 Å². The van der Waals surface area contributed by atoms with Gasteiger partial charge in [-0.05, 0) is 20.3 Å². The first kappa shape index (κ1) is 16.1. The number of nitrogens with zero attached hydrogens (tertiary/aromatic N) is 2. The van der Waals surface area contributed by atoms with Crippen molar-refractivity contribution in [2.75, 3.05) is 20.3 Å². The number of rotatable bonds is 8. The molecular formula is C13H21ClN2O3. The van der Waals surface area contributed by atoms with Crippen LogP contribution in [0.15, 0.2) is 6.20 Å². The molecule has 1 atom stereocenters. The molecule has 0 saturated carbocycles. The van der Waals surface area contributed by atoms with E-state index in [1.807, 2.05) is 13.8 Å². The number of halogens is 1. The lowest BCUT2D eigenvalue weighted by atomic mass is 9.95. The monoisotopic (exact) mass is 288 g/mol. The smallest absolute Gasteiger partial charge is 0.213 e. The molecule has 0 aliphatic carbocycles. The van der Waals surface area contributed by atoms with Crippen LogP contribution < -0.4 is 0 Å². The lowest BCUT2D eigenvalue weighted by Crippen LogP contribution is -2.39. The van der Waals surface area contributed by atoms with Crippen LogP contribution in [0.2, 0.25) is 5.02 Å². The topological polar surface area (TPSA) is 53.3 Å². The average Bonchev–Trinajstić information content (AvgIpc) is 2.76. The standard InChI is InChI=1S/C13H21ClN2O3/c1-5-13(3,19-6-2)12(17)11-10(14)9-15-16(11)7-8-18-4/h9H,5-8H2,1-4H3. The van der Waals surface area contributed by atoms with Gasteiger partial charge in [0.15, 0.2) is 0 Å². The molecule has 19 heavy (non-hydrogen) atoms. The van der Waals surface area contributed by atoms with Gasteiger partial charge in [0, 0.05) is 13.7 Å². The Labute approximate surface area is 118 Å². The van der Waals surface area contributed by atoms with Crippen LogP contribution >= 0.6 is 11.6 Å². The van der Waals surface area contributed by atoms with Crippen molar-refractivity contribution in [2.45, 2.75) is 39.3 Å². The van der Waals surface area contributed by atoms with Gasteiger partial charge >= 0.3 is 0 Å². The Morgan fingerprint density at radius 1 is 1.53 bits per heavy atom. The largest absolute Gasteiger partial charge is 0.383 e. The van der Waals surface area contributed by atoms with Crippen molar-refractivity contribution in [2.24, 2.45) is 0 Å². The van der Waals surface area contributed by atoms with Crippen LogP contribution in [0.5, 0.6) is 0 Å². The van der Waals surface area contributed by atoms with Gasteiger partial charge < -0.3 is 9.47 Å². The summed E-state index contributed by atoms with van der Waals surface area (Å²) in [6.07, 6.45) is 2.05. The summed E-state index contributed by atoms with van der Waals surface area (Å²) >= 11 is 6.08. The number of carbonyl (C=O) groups excluding carboxylic acids is 1. The highest BCUT2D eigenvalue weighted by atomic mass is 35.5. The van der Waals surface area contributed by atoms with Crippen molar-refractivity contribution in [3.8, 4) is 0 Å². The molecule has 0 N–H and O–H groups in total. The van der Waals surface area contributed by atoms with Gasteiger partial charge in [0.2, 0.25) is 5.78 Å². The van der Waals surface area contributed by atoms with E-state index in [9.17, 15) is 4.79 Å². The number of Topliss-reactive ketones (excluding diaryl/α,β-unsaturated/α-hetero) is 1. The molecule has 0 radical (unpaired) electrons. The maximum absolute atomic E-state index is 12.6. The molecule has 0 spiro atoms. The van der Waals surface area contributed by atoms with E-state index in [0.717, 1.165) is 0 Å². The minimum Gasteiger partial charge on any atom is -0.383 e. The maximum atomic E-state index is 12.6. The van der Waals surface area contributed by atoms with E-state index >= 15 is 0 Å². The molecule has 0 aliphatic rings. The number of hydrogen-bond donors (Lipinski definition) is 0. The van der Waals surface area contributed by atoms with Crippen LogP contribution in [-0.2, 0) is 16.0 Å². The first-order valence-electron chi connectivity index (χ1n) is 6.39. The second kappa shape index (κ2) is 7.03. The second-order valence-electron chi connectivity index (χ2n) is 4.40. The second-order valence-corrected chi connectivity index (χ2v) is 4.81. The Hall–Kier alpha value is -0.910. The number of hydrogen-bond acceptors (Lipinski definition) is 4. The zero-order valence-corrected chi connectivity index (χ0v) is 12.7. The average molecular weight is 289 g/mol. The van der Waals surface area contributed by atoms with Gasteiger partial charge in [-0.15, -0.1) is 0 Å². The van der Waals surface area contributed by atoms with Gasteiger partial charge in [0.05, 0.1) is 24.4 Å². The molecular weight excluding hydrogens is 268 g/mol. The fraction of sp³-hybridized carbons (Fsp3) is 0.692. The quantitative estimate of drug-likeness (QED) is 0.690. The number of ether oxygens (including phenoxy) is 2. The maximum Gasteiger partial charge on any atom is 0.213 e. The van der Waals surface area contributed by atoms with E-state index in [1.165, 1.54) is 6.20 Å². The number of methoxy groups -OCH3 is 1. The first-order chi connectivity index (χ1) is 9.00. The summed E-state index contributed by atoms with van der Waals surface area (Å²) in [7, 11) is 1.60. The zero-order chi connectivity index (χ0) is 14.5. The molecule has 1 heterocycles. The van der Waals surface area contributed by atoms with Gasteiger partial charge in [0.1, 0.15) is 11.3 Å². The molecule has 0 amide bonds. The lowest BCUT2D eigenvalue weighted by molar-refractivity contribution is -0.0124. The third-order valence-corrected chi connectivity index (χ3v) is 3.41. The summed E-state index contributed by atoms with van der Waals surface area (Å²) in [5, 5.41) is 4.46. The fourth-order valence-electron chi connectivity index (χ4n) is 1.83. The molecule has 0 aliphatic heterocycles. The molecule has 1 rings (SSSR count). The first-order valence-corrected chi connectivity index (χ1v) is 6.77. The van der Waals surface area contributed by atoms with Crippen LogP contribution in [0.3, 0.4) is 0 Å². The third-order valence-electron chi connectivity index (χ3n) is 3.13. The van der Waals surface area contributed by atoms with Gasteiger partial charge in [-0.3, -0.25) is 9.48 Å². The van der Waals surface area contributed by atoms with E-state index in [-0.39, 0.29) is 5.78 Å². The summed E-state index contributed by atoms with van der Waals surface area (Å²) < 4.78 is 12.2.